The molecule has 1 aliphatic rings. The molecule has 1 fully saturated rings. The summed E-state index contributed by atoms with van der Waals surface area (Å²) in [7, 11) is 0. The number of rotatable bonds is 4. The third-order valence-corrected chi connectivity index (χ3v) is 4.54. The van der Waals surface area contributed by atoms with E-state index < -0.39 is 0 Å². The normalized spacial score (nSPS) is 14.2. The Morgan fingerprint density at radius 2 is 1.92 bits per heavy atom. The minimum atomic E-state index is -0.152. The van der Waals surface area contributed by atoms with Crippen LogP contribution in [0.3, 0.4) is 0 Å². The van der Waals surface area contributed by atoms with Crippen LogP contribution < -0.4 is 5.32 Å². The summed E-state index contributed by atoms with van der Waals surface area (Å²) in [5.41, 5.74) is 2.94. The summed E-state index contributed by atoms with van der Waals surface area (Å²) in [5.74, 6) is -0.183. The monoisotopic (exact) mass is 372 g/mol. The van der Waals surface area contributed by atoms with Gasteiger partial charge in [-0.25, -0.2) is 0 Å². The SMILES string of the molecule is Cc1ccc(NC(=O)Cc2cccc(Cl)c2)cc1C(=O)N1CCOCC1. The highest BCUT2D eigenvalue weighted by Crippen LogP contribution is 2.19. The largest absolute Gasteiger partial charge is 0.378 e. The van der Waals surface area contributed by atoms with Gasteiger partial charge in [0, 0.05) is 29.4 Å². The molecule has 136 valence electrons. The quantitative estimate of drug-likeness (QED) is 0.895. The average Bonchev–Trinajstić information content (AvgIpc) is 2.63. The molecule has 0 bridgehead atoms. The molecule has 2 aromatic carbocycles. The second-order valence-electron chi connectivity index (χ2n) is 6.29. The minimum Gasteiger partial charge on any atom is -0.378 e. The highest BCUT2D eigenvalue weighted by atomic mass is 35.5. The number of halogens is 1. The number of hydrogen-bond acceptors (Lipinski definition) is 3. The third kappa shape index (κ3) is 4.62. The fourth-order valence-corrected chi connectivity index (χ4v) is 3.12. The highest BCUT2D eigenvalue weighted by molar-refractivity contribution is 6.30. The topological polar surface area (TPSA) is 58.6 Å². The molecular formula is C20H21ClN2O3. The number of amides is 2. The van der Waals surface area contributed by atoms with Crippen molar-refractivity contribution in [3.63, 3.8) is 0 Å². The predicted octanol–water partition coefficient (Wildman–Crippen LogP) is 3.30. The molecule has 6 heteroatoms. The van der Waals surface area contributed by atoms with E-state index in [0.717, 1.165) is 11.1 Å². The van der Waals surface area contributed by atoms with E-state index in [4.69, 9.17) is 16.3 Å². The van der Waals surface area contributed by atoms with Crippen LogP contribution >= 0.6 is 11.6 Å². The van der Waals surface area contributed by atoms with Crippen LogP contribution in [0.2, 0.25) is 5.02 Å². The van der Waals surface area contributed by atoms with Gasteiger partial charge in [-0.2, -0.15) is 0 Å². The number of anilines is 1. The standard InChI is InChI=1S/C20H21ClN2O3/c1-14-5-6-17(13-18(14)20(25)23-7-9-26-10-8-23)22-19(24)12-15-3-2-4-16(21)11-15/h2-6,11,13H,7-10,12H2,1H3,(H,22,24). The summed E-state index contributed by atoms with van der Waals surface area (Å²) in [4.78, 5) is 26.8. The number of nitrogens with one attached hydrogen (secondary N) is 1. The van der Waals surface area contributed by atoms with Gasteiger partial charge in [0.1, 0.15) is 0 Å². The van der Waals surface area contributed by atoms with Crippen LogP contribution in [-0.4, -0.2) is 43.0 Å². The summed E-state index contributed by atoms with van der Waals surface area (Å²) in [5, 5.41) is 3.46. The first-order valence-corrected chi connectivity index (χ1v) is 8.93. The summed E-state index contributed by atoms with van der Waals surface area (Å²) >= 11 is 5.95. The van der Waals surface area contributed by atoms with Crippen LogP contribution in [0.5, 0.6) is 0 Å². The first kappa shape index (κ1) is 18.4. The van der Waals surface area contributed by atoms with Crippen LogP contribution in [-0.2, 0) is 16.0 Å². The Morgan fingerprint density at radius 3 is 2.65 bits per heavy atom. The van der Waals surface area contributed by atoms with Gasteiger partial charge in [0.05, 0.1) is 19.6 Å². The van der Waals surface area contributed by atoms with Crippen molar-refractivity contribution < 1.29 is 14.3 Å². The molecule has 0 saturated carbocycles. The van der Waals surface area contributed by atoms with Crippen molar-refractivity contribution in [2.24, 2.45) is 0 Å². The third-order valence-electron chi connectivity index (χ3n) is 4.30. The van der Waals surface area contributed by atoms with Gasteiger partial charge in [0.25, 0.3) is 5.91 Å². The lowest BCUT2D eigenvalue weighted by molar-refractivity contribution is -0.115. The Bertz CT molecular complexity index is 816. The Hall–Kier alpha value is -2.37. The second kappa shape index (κ2) is 8.34. The van der Waals surface area contributed by atoms with E-state index in [1.54, 1.807) is 29.2 Å². The van der Waals surface area contributed by atoms with Gasteiger partial charge >= 0.3 is 0 Å². The molecule has 2 aromatic rings. The van der Waals surface area contributed by atoms with Crippen LogP contribution in [0, 0.1) is 6.92 Å². The lowest BCUT2D eigenvalue weighted by Gasteiger charge is -2.27. The number of benzene rings is 2. The number of ether oxygens (including phenoxy) is 1. The summed E-state index contributed by atoms with van der Waals surface area (Å²) in [6.07, 6.45) is 0.223. The predicted molar refractivity (Wildman–Crippen MR) is 102 cm³/mol. The molecule has 3 rings (SSSR count). The van der Waals surface area contributed by atoms with E-state index in [2.05, 4.69) is 5.32 Å². The van der Waals surface area contributed by atoms with Crippen LogP contribution in [0.15, 0.2) is 42.5 Å². The molecule has 1 N–H and O–H groups in total. The number of hydrogen-bond donors (Lipinski definition) is 1. The molecule has 0 atom stereocenters. The molecule has 0 radical (unpaired) electrons. The maximum absolute atomic E-state index is 12.7. The number of carbonyl (C=O) groups excluding carboxylic acids is 2. The summed E-state index contributed by atoms with van der Waals surface area (Å²) in [6, 6.07) is 12.6. The maximum Gasteiger partial charge on any atom is 0.254 e. The van der Waals surface area contributed by atoms with Crippen molar-refractivity contribution in [1.29, 1.82) is 0 Å². The van der Waals surface area contributed by atoms with Crippen molar-refractivity contribution in [3.8, 4) is 0 Å². The summed E-state index contributed by atoms with van der Waals surface area (Å²) < 4.78 is 5.30. The maximum atomic E-state index is 12.7. The minimum absolute atomic E-state index is 0.0308. The molecule has 0 aromatic heterocycles. The van der Waals surface area contributed by atoms with E-state index in [0.29, 0.717) is 42.6 Å². The summed E-state index contributed by atoms with van der Waals surface area (Å²) in [6.45, 7) is 4.18. The molecule has 1 heterocycles. The lowest BCUT2D eigenvalue weighted by atomic mass is 10.1. The molecule has 5 nitrogen and oxygen atoms in total. The first-order valence-electron chi connectivity index (χ1n) is 8.55. The van der Waals surface area contributed by atoms with Gasteiger partial charge in [-0.15, -0.1) is 0 Å². The van der Waals surface area contributed by atoms with Gasteiger partial charge in [-0.3, -0.25) is 9.59 Å². The van der Waals surface area contributed by atoms with Crippen molar-refractivity contribution >= 4 is 29.1 Å². The fraction of sp³-hybridized carbons (Fsp3) is 0.300. The molecule has 1 saturated heterocycles. The molecule has 0 unspecified atom stereocenters. The van der Waals surface area contributed by atoms with Crippen molar-refractivity contribution in [1.82, 2.24) is 4.90 Å². The smallest absolute Gasteiger partial charge is 0.254 e. The van der Waals surface area contributed by atoms with Crippen LogP contribution in [0.4, 0.5) is 5.69 Å². The second-order valence-corrected chi connectivity index (χ2v) is 6.73. The Kier molecular flexibility index (Phi) is 5.91. The van der Waals surface area contributed by atoms with E-state index in [1.807, 2.05) is 25.1 Å². The lowest BCUT2D eigenvalue weighted by Crippen LogP contribution is -2.41. The molecular weight excluding hydrogens is 352 g/mol. The fourth-order valence-electron chi connectivity index (χ4n) is 2.90. The zero-order valence-electron chi connectivity index (χ0n) is 14.6. The van der Waals surface area contributed by atoms with Crippen LogP contribution in [0.1, 0.15) is 21.5 Å². The van der Waals surface area contributed by atoms with Gasteiger partial charge in [0.2, 0.25) is 5.91 Å². The average molecular weight is 373 g/mol. The van der Waals surface area contributed by atoms with E-state index in [-0.39, 0.29) is 18.2 Å². The van der Waals surface area contributed by atoms with Gasteiger partial charge in [-0.05, 0) is 42.3 Å². The molecule has 26 heavy (non-hydrogen) atoms. The Morgan fingerprint density at radius 1 is 1.15 bits per heavy atom. The zero-order valence-corrected chi connectivity index (χ0v) is 15.4. The van der Waals surface area contributed by atoms with E-state index in [9.17, 15) is 9.59 Å². The molecule has 0 aliphatic carbocycles. The van der Waals surface area contributed by atoms with E-state index >= 15 is 0 Å². The molecule has 2 amide bonds. The molecule has 0 spiro atoms. The van der Waals surface area contributed by atoms with E-state index in [1.165, 1.54) is 0 Å². The molecule has 1 aliphatic heterocycles. The number of nitrogens with zero attached hydrogens (tertiary/aromatic N) is 1. The number of morpholine rings is 1. The van der Waals surface area contributed by atoms with Gasteiger partial charge in [0.15, 0.2) is 0 Å². The van der Waals surface area contributed by atoms with Crippen molar-refractivity contribution in [3.05, 3.63) is 64.2 Å². The van der Waals surface area contributed by atoms with Crippen molar-refractivity contribution in [2.75, 3.05) is 31.6 Å². The van der Waals surface area contributed by atoms with Crippen LogP contribution in [0.25, 0.3) is 0 Å². The Labute approximate surface area is 157 Å². The van der Waals surface area contributed by atoms with Gasteiger partial charge < -0.3 is 15.0 Å². The number of carbonyl (C=O) groups is 2. The van der Waals surface area contributed by atoms with Crippen molar-refractivity contribution in [2.45, 2.75) is 13.3 Å². The highest BCUT2D eigenvalue weighted by Gasteiger charge is 2.20. The number of aryl methyl sites for hydroxylation is 1. The zero-order chi connectivity index (χ0) is 18.5. The van der Waals surface area contributed by atoms with Gasteiger partial charge in [-0.1, -0.05) is 29.8 Å². The first-order chi connectivity index (χ1) is 12.5. The Balaban J connectivity index is 1.70.